The Kier molecular flexibility index (Phi) is 12.4. The third-order valence-corrected chi connectivity index (χ3v) is 3.10. The van der Waals surface area contributed by atoms with Gasteiger partial charge in [-0.2, -0.15) is 0 Å². The normalized spacial score (nSPS) is 10.3. The van der Waals surface area contributed by atoms with Crippen molar-refractivity contribution in [2.75, 3.05) is 19.8 Å². The van der Waals surface area contributed by atoms with Gasteiger partial charge in [-0.3, -0.25) is 10.5 Å². The van der Waals surface area contributed by atoms with Crippen LogP contribution in [0.3, 0.4) is 0 Å². The topological polar surface area (TPSA) is 69.9 Å². The van der Waals surface area contributed by atoms with E-state index < -0.39 is 0 Å². The zero-order chi connectivity index (χ0) is 15.2. The number of ether oxygens (including phenoxy) is 1. The fourth-order valence-corrected chi connectivity index (χ4v) is 1.87. The van der Waals surface area contributed by atoms with Gasteiger partial charge in [0.2, 0.25) is 0 Å². The molecule has 0 aromatic heterocycles. The van der Waals surface area contributed by atoms with Gasteiger partial charge in [-0.25, -0.2) is 0 Å². The standard InChI is InChI=1S/C16H26O2.H2O2/c1-14(2)16-9-7-15(8-10-16)6-5-13-18-12-4-3-11-17;1-2/h7-10,14,17H,3-6,11-13H2,1-2H3;1-2H. The number of hydrogen-bond donors (Lipinski definition) is 3. The lowest BCUT2D eigenvalue weighted by Gasteiger charge is -2.07. The molecular weight excluding hydrogens is 256 g/mol. The first-order chi connectivity index (χ1) is 9.74. The van der Waals surface area contributed by atoms with Gasteiger partial charge in [0.15, 0.2) is 0 Å². The van der Waals surface area contributed by atoms with Crippen LogP contribution >= 0.6 is 0 Å². The fraction of sp³-hybridized carbons (Fsp3) is 0.625. The summed E-state index contributed by atoms with van der Waals surface area (Å²) in [6.07, 6.45) is 3.95. The number of aliphatic hydroxyl groups is 1. The van der Waals surface area contributed by atoms with E-state index in [4.69, 9.17) is 20.4 Å². The van der Waals surface area contributed by atoms with Crippen LogP contribution in [0.25, 0.3) is 0 Å². The second kappa shape index (κ2) is 13.1. The van der Waals surface area contributed by atoms with Crippen molar-refractivity contribution in [3.63, 3.8) is 0 Å². The van der Waals surface area contributed by atoms with E-state index in [-0.39, 0.29) is 6.61 Å². The SMILES string of the molecule is CC(C)c1ccc(CCCOCCCCO)cc1.OO. The summed E-state index contributed by atoms with van der Waals surface area (Å²) in [4.78, 5) is 0. The minimum absolute atomic E-state index is 0.269. The van der Waals surface area contributed by atoms with Gasteiger partial charge in [-0.15, -0.1) is 0 Å². The van der Waals surface area contributed by atoms with Crippen molar-refractivity contribution in [3.8, 4) is 0 Å². The molecule has 0 bridgehead atoms. The van der Waals surface area contributed by atoms with Crippen LogP contribution in [-0.2, 0) is 11.2 Å². The number of unbranched alkanes of at least 4 members (excludes halogenated alkanes) is 1. The highest BCUT2D eigenvalue weighted by atomic mass is 17.0. The monoisotopic (exact) mass is 284 g/mol. The van der Waals surface area contributed by atoms with Gasteiger partial charge < -0.3 is 9.84 Å². The van der Waals surface area contributed by atoms with Gasteiger partial charge in [0.05, 0.1) is 0 Å². The summed E-state index contributed by atoms with van der Waals surface area (Å²) in [5, 5.41) is 20.6. The van der Waals surface area contributed by atoms with Crippen LogP contribution in [0.2, 0.25) is 0 Å². The van der Waals surface area contributed by atoms with Crippen molar-refractivity contribution < 1.29 is 20.4 Å². The Labute approximate surface area is 122 Å². The first-order valence-corrected chi connectivity index (χ1v) is 7.21. The zero-order valence-corrected chi connectivity index (χ0v) is 12.6. The van der Waals surface area contributed by atoms with Crippen molar-refractivity contribution in [2.45, 2.75) is 45.4 Å². The Morgan fingerprint density at radius 1 is 0.950 bits per heavy atom. The summed E-state index contributed by atoms with van der Waals surface area (Å²) in [6.45, 7) is 6.29. The number of aryl methyl sites for hydroxylation is 1. The van der Waals surface area contributed by atoms with E-state index in [1.165, 1.54) is 11.1 Å². The molecule has 0 fully saturated rings. The average molecular weight is 284 g/mol. The molecule has 0 aliphatic carbocycles. The number of aliphatic hydroxyl groups excluding tert-OH is 1. The second-order valence-electron chi connectivity index (χ2n) is 5.04. The maximum atomic E-state index is 8.62. The quantitative estimate of drug-likeness (QED) is 0.368. The van der Waals surface area contributed by atoms with E-state index in [0.717, 1.165) is 38.9 Å². The fourth-order valence-electron chi connectivity index (χ4n) is 1.87. The van der Waals surface area contributed by atoms with E-state index in [2.05, 4.69) is 38.1 Å². The summed E-state index contributed by atoms with van der Waals surface area (Å²) in [6, 6.07) is 8.90. The molecule has 0 unspecified atom stereocenters. The lowest BCUT2D eigenvalue weighted by molar-refractivity contribution is -0.176. The molecular formula is C16H28O4. The first-order valence-electron chi connectivity index (χ1n) is 7.21. The maximum absolute atomic E-state index is 8.62. The van der Waals surface area contributed by atoms with Gasteiger partial charge >= 0.3 is 0 Å². The average Bonchev–Trinajstić information content (AvgIpc) is 2.49. The molecule has 1 aromatic carbocycles. The lowest BCUT2D eigenvalue weighted by atomic mass is 10.0. The Hall–Kier alpha value is -0.940. The Balaban J connectivity index is 0.00000172. The van der Waals surface area contributed by atoms with Crippen LogP contribution in [-0.4, -0.2) is 35.4 Å². The van der Waals surface area contributed by atoms with Crippen LogP contribution in [0.1, 0.15) is 50.2 Å². The van der Waals surface area contributed by atoms with E-state index >= 15 is 0 Å². The molecule has 0 aliphatic rings. The molecule has 1 aromatic rings. The summed E-state index contributed by atoms with van der Waals surface area (Å²) < 4.78 is 5.51. The third kappa shape index (κ3) is 9.04. The van der Waals surface area contributed by atoms with E-state index in [0.29, 0.717) is 5.92 Å². The van der Waals surface area contributed by atoms with Crippen molar-refractivity contribution in [3.05, 3.63) is 35.4 Å². The van der Waals surface area contributed by atoms with Gasteiger partial charge in [0, 0.05) is 19.8 Å². The van der Waals surface area contributed by atoms with Gasteiger partial charge in [-0.1, -0.05) is 38.1 Å². The predicted octanol–water partition coefficient (Wildman–Crippen LogP) is 3.55. The molecule has 4 heteroatoms. The lowest BCUT2D eigenvalue weighted by Crippen LogP contribution is -1.99. The van der Waals surface area contributed by atoms with Crippen LogP contribution in [0.5, 0.6) is 0 Å². The van der Waals surface area contributed by atoms with Crippen LogP contribution in [0.4, 0.5) is 0 Å². The predicted molar refractivity (Wildman–Crippen MR) is 81.2 cm³/mol. The largest absolute Gasteiger partial charge is 0.396 e. The molecule has 116 valence electrons. The molecule has 0 spiro atoms. The second-order valence-corrected chi connectivity index (χ2v) is 5.04. The van der Waals surface area contributed by atoms with Crippen molar-refractivity contribution >= 4 is 0 Å². The zero-order valence-electron chi connectivity index (χ0n) is 12.6. The maximum Gasteiger partial charge on any atom is 0.0469 e. The molecule has 3 N–H and O–H groups in total. The molecule has 0 saturated carbocycles. The van der Waals surface area contributed by atoms with E-state index in [1.807, 2.05) is 0 Å². The van der Waals surface area contributed by atoms with Gasteiger partial charge in [-0.05, 0) is 42.7 Å². The van der Waals surface area contributed by atoms with E-state index in [1.54, 1.807) is 0 Å². The molecule has 0 aliphatic heterocycles. The Morgan fingerprint density at radius 2 is 1.55 bits per heavy atom. The highest BCUT2D eigenvalue weighted by molar-refractivity contribution is 5.24. The third-order valence-electron chi connectivity index (χ3n) is 3.10. The number of rotatable bonds is 9. The minimum Gasteiger partial charge on any atom is -0.396 e. The molecule has 20 heavy (non-hydrogen) atoms. The number of benzene rings is 1. The first kappa shape index (κ1) is 19.1. The highest BCUT2D eigenvalue weighted by Gasteiger charge is 1.99. The molecule has 1 rings (SSSR count). The Bertz CT molecular complexity index is 309. The molecule has 0 saturated heterocycles. The summed E-state index contributed by atoms with van der Waals surface area (Å²) in [5.41, 5.74) is 2.79. The summed E-state index contributed by atoms with van der Waals surface area (Å²) in [5.74, 6) is 0.605. The molecule has 0 heterocycles. The molecule has 0 atom stereocenters. The van der Waals surface area contributed by atoms with Crippen molar-refractivity contribution in [1.29, 1.82) is 0 Å². The highest BCUT2D eigenvalue weighted by Crippen LogP contribution is 2.15. The van der Waals surface area contributed by atoms with Gasteiger partial charge in [0.1, 0.15) is 0 Å². The van der Waals surface area contributed by atoms with Crippen LogP contribution < -0.4 is 0 Å². The smallest absolute Gasteiger partial charge is 0.0469 e. The number of hydrogen-bond acceptors (Lipinski definition) is 4. The molecule has 0 radical (unpaired) electrons. The minimum atomic E-state index is 0.269. The van der Waals surface area contributed by atoms with Crippen LogP contribution in [0, 0.1) is 0 Å². The van der Waals surface area contributed by atoms with Gasteiger partial charge in [0.25, 0.3) is 0 Å². The summed E-state index contributed by atoms with van der Waals surface area (Å²) in [7, 11) is 0. The molecule has 4 nitrogen and oxygen atoms in total. The molecule has 0 amide bonds. The van der Waals surface area contributed by atoms with Crippen molar-refractivity contribution in [1.82, 2.24) is 0 Å². The Morgan fingerprint density at radius 3 is 2.10 bits per heavy atom. The van der Waals surface area contributed by atoms with Crippen molar-refractivity contribution in [2.24, 2.45) is 0 Å². The van der Waals surface area contributed by atoms with Crippen LogP contribution in [0.15, 0.2) is 24.3 Å². The van der Waals surface area contributed by atoms with E-state index in [9.17, 15) is 0 Å². The summed E-state index contributed by atoms with van der Waals surface area (Å²) >= 11 is 0.